The Kier molecular flexibility index (Phi) is 5.06. The first-order valence-electron chi connectivity index (χ1n) is 7.13. The molecule has 1 heteroatoms. The van der Waals surface area contributed by atoms with E-state index in [1.807, 2.05) is 0 Å². The molecule has 0 atom stereocenters. The molecule has 2 rings (SSSR count). The fraction of sp³-hybridized carbons (Fsp3) is 0.625. The van der Waals surface area contributed by atoms with E-state index in [0.29, 0.717) is 0 Å². The molecule has 0 aliphatic heterocycles. The summed E-state index contributed by atoms with van der Waals surface area (Å²) in [5.74, 6) is 0. The van der Waals surface area contributed by atoms with Crippen LogP contribution in [0.3, 0.4) is 0 Å². The summed E-state index contributed by atoms with van der Waals surface area (Å²) in [6.07, 6.45) is 9.51. The van der Waals surface area contributed by atoms with Gasteiger partial charge in [0.25, 0.3) is 0 Å². The van der Waals surface area contributed by atoms with Crippen molar-refractivity contribution in [1.82, 2.24) is 5.32 Å². The molecule has 1 nitrogen and oxygen atoms in total. The molecule has 94 valence electrons. The Bertz CT molecular complexity index is 311. The molecule has 0 saturated heterocycles. The lowest BCUT2D eigenvalue weighted by Gasteiger charge is -2.04. The third-order valence-electron chi connectivity index (χ3n) is 3.52. The van der Waals surface area contributed by atoms with Crippen LogP contribution in [-0.4, -0.2) is 12.6 Å². The van der Waals surface area contributed by atoms with Gasteiger partial charge in [0.05, 0.1) is 0 Å². The van der Waals surface area contributed by atoms with Crippen LogP contribution in [-0.2, 0) is 6.42 Å². The van der Waals surface area contributed by atoms with E-state index >= 15 is 0 Å². The van der Waals surface area contributed by atoms with E-state index in [0.717, 1.165) is 6.04 Å². The second-order valence-electron chi connectivity index (χ2n) is 5.38. The molecule has 1 N–H and O–H groups in total. The fourth-order valence-electron chi connectivity index (χ4n) is 2.16. The Morgan fingerprint density at radius 3 is 2.41 bits per heavy atom. The van der Waals surface area contributed by atoms with Crippen molar-refractivity contribution >= 4 is 0 Å². The van der Waals surface area contributed by atoms with Gasteiger partial charge in [0, 0.05) is 6.04 Å². The van der Waals surface area contributed by atoms with Crippen molar-refractivity contribution in [3.8, 4) is 0 Å². The van der Waals surface area contributed by atoms with Crippen LogP contribution >= 0.6 is 0 Å². The maximum Gasteiger partial charge on any atom is 0.00682 e. The van der Waals surface area contributed by atoms with Gasteiger partial charge in [-0.25, -0.2) is 0 Å². The van der Waals surface area contributed by atoms with E-state index < -0.39 is 0 Å². The van der Waals surface area contributed by atoms with Crippen LogP contribution in [0, 0.1) is 6.92 Å². The third kappa shape index (κ3) is 5.36. The first-order valence-corrected chi connectivity index (χ1v) is 7.13. The average molecular weight is 231 g/mol. The predicted octanol–water partition coefficient (Wildman–Crippen LogP) is 3.85. The Labute approximate surface area is 106 Å². The van der Waals surface area contributed by atoms with Gasteiger partial charge in [-0.05, 0) is 51.1 Å². The SMILES string of the molecule is Cc1ccc(CCCCCCNC2CC2)cc1. The molecule has 1 aromatic carbocycles. The van der Waals surface area contributed by atoms with Gasteiger partial charge in [-0.2, -0.15) is 0 Å². The van der Waals surface area contributed by atoms with Gasteiger partial charge in [-0.1, -0.05) is 42.7 Å². The number of unbranched alkanes of at least 4 members (excludes halogenated alkanes) is 3. The summed E-state index contributed by atoms with van der Waals surface area (Å²) in [5, 5.41) is 3.57. The number of hydrogen-bond donors (Lipinski definition) is 1. The van der Waals surface area contributed by atoms with Gasteiger partial charge in [0.1, 0.15) is 0 Å². The van der Waals surface area contributed by atoms with Crippen LogP contribution in [0.4, 0.5) is 0 Å². The number of hydrogen-bond acceptors (Lipinski definition) is 1. The van der Waals surface area contributed by atoms with Crippen LogP contribution in [0.1, 0.15) is 49.7 Å². The van der Waals surface area contributed by atoms with Gasteiger partial charge in [0.15, 0.2) is 0 Å². The van der Waals surface area contributed by atoms with Crippen LogP contribution in [0.2, 0.25) is 0 Å². The van der Waals surface area contributed by atoms with Crippen LogP contribution in [0.15, 0.2) is 24.3 Å². The zero-order valence-corrected chi connectivity index (χ0v) is 11.0. The summed E-state index contributed by atoms with van der Waals surface area (Å²) in [5.41, 5.74) is 2.85. The maximum atomic E-state index is 3.57. The highest BCUT2D eigenvalue weighted by Gasteiger charge is 2.19. The zero-order valence-electron chi connectivity index (χ0n) is 11.0. The Morgan fingerprint density at radius 2 is 1.71 bits per heavy atom. The largest absolute Gasteiger partial charge is 0.314 e. The van der Waals surface area contributed by atoms with E-state index in [1.54, 1.807) is 0 Å². The van der Waals surface area contributed by atoms with Crippen LogP contribution in [0.5, 0.6) is 0 Å². The molecular formula is C16H25N. The molecule has 1 aromatic rings. The molecule has 1 aliphatic carbocycles. The molecule has 0 heterocycles. The van der Waals surface area contributed by atoms with E-state index in [-0.39, 0.29) is 0 Å². The lowest BCUT2D eigenvalue weighted by atomic mass is 10.0. The Balaban J connectivity index is 1.46. The van der Waals surface area contributed by atoms with Gasteiger partial charge in [0.2, 0.25) is 0 Å². The lowest BCUT2D eigenvalue weighted by molar-refractivity contribution is 0.585. The topological polar surface area (TPSA) is 12.0 Å². The second kappa shape index (κ2) is 6.80. The minimum Gasteiger partial charge on any atom is -0.314 e. The third-order valence-corrected chi connectivity index (χ3v) is 3.52. The molecule has 0 spiro atoms. The summed E-state index contributed by atoms with van der Waals surface area (Å²) in [6, 6.07) is 9.85. The second-order valence-corrected chi connectivity index (χ2v) is 5.38. The molecule has 0 aromatic heterocycles. The molecule has 17 heavy (non-hydrogen) atoms. The highest BCUT2D eigenvalue weighted by Crippen LogP contribution is 2.18. The normalized spacial score (nSPS) is 15.1. The maximum absolute atomic E-state index is 3.57. The van der Waals surface area contributed by atoms with Crippen molar-refractivity contribution in [3.05, 3.63) is 35.4 Å². The van der Waals surface area contributed by atoms with Crippen molar-refractivity contribution in [2.75, 3.05) is 6.54 Å². The zero-order chi connectivity index (χ0) is 11.9. The monoisotopic (exact) mass is 231 g/mol. The molecule has 1 saturated carbocycles. The molecule has 0 bridgehead atoms. The van der Waals surface area contributed by atoms with Crippen molar-refractivity contribution in [2.45, 2.75) is 57.9 Å². The van der Waals surface area contributed by atoms with Crippen molar-refractivity contribution in [1.29, 1.82) is 0 Å². The first-order chi connectivity index (χ1) is 8.34. The van der Waals surface area contributed by atoms with Crippen molar-refractivity contribution in [3.63, 3.8) is 0 Å². The molecular weight excluding hydrogens is 206 g/mol. The number of rotatable bonds is 8. The minimum absolute atomic E-state index is 0.877. The van der Waals surface area contributed by atoms with Gasteiger partial charge in [-0.3, -0.25) is 0 Å². The van der Waals surface area contributed by atoms with Crippen LogP contribution in [0.25, 0.3) is 0 Å². The summed E-state index contributed by atoms with van der Waals surface area (Å²) >= 11 is 0. The molecule has 1 aliphatic rings. The molecule has 1 fully saturated rings. The highest BCUT2D eigenvalue weighted by atomic mass is 14.9. The lowest BCUT2D eigenvalue weighted by Crippen LogP contribution is -2.17. The predicted molar refractivity (Wildman–Crippen MR) is 74.4 cm³/mol. The Morgan fingerprint density at radius 1 is 1.00 bits per heavy atom. The summed E-state index contributed by atoms with van der Waals surface area (Å²) in [6.45, 7) is 3.38. The smallest absolute Gasteiger partial charge is 0.00682 e. The van der Waals surface area contributed by atoms with Crippen molar-refractivity contribution < 1.29 is 0 Å². The number of benzene rings is 1. The first kappa shape index (κ1) is 12.6. The number of aryl methyl sites for hydroxylation is 2. The Hall–Kier alpha value is -0.820. The van der Waals surface area contributed by atoms with E-state index in [1.165, 1.54) is 62.6 Å². The molecule has 0 radical (unpaired) electrons. The molecule has 0 unspecified atom stereocenters. The van der Waals surface area contributed by atoms with Crippen molar-refractivity contribution in [2.24, 2.45) is 0 Å². The number of nitrogens with one attached hydrogen (secondary N) is 1. The highest BCUT2D eigenvalue weighted by molar-refractivity contribution is 5.21. The minimum atomic E-state index is 0.877. The van der Waals surface area contributed by atoms with E-state index in [2.05, 4.69) is 36.5 Å². The van der Waals surface area contributed by atoms with Gasteiger partial charge < -0.3 is 5.32 Å². The van der Waals surface area contributed by atoms with Crippen LogP contribution < -0.4 is 5.32 Å². The average Bonchev–Trinajstić information content (AvgIpc) is 3.14. The molecule has 0 amide bonds. The summed E-state index contributed by atoms with van der Waals surface area (Å²) in [4.78, 5) is 0. The van der Waals surface area contributed by atoms with E-state index in [9.17, 15) is 0 Å². The van der Waals surface area contributed by atoms with E-state index in [4.69, 9.17) is 0 Å². The summed E-state index contributed by atoms with van der Waals surface area (Å²) < 4.78 is 0. The summed E-state index contributed by atoms with van der Waals surface area (Å²) in [7, 11) is 0. The quantitative estimate of drug-likeness (QED) is 0.670. The van der Waals surface area contributed by atoms with Gasteiger partial charge >= 0.3 is 0 Å². The van der Waals surface area contributed by atoms with Gasteiger partial charge in [-0.15, -0.1) is 0 Å². The fourth-order valence-corrected chi connectivity index (χ4v) is 2.16. The standard InChI is InChI=1S/C16H25N/c1-14-7-9-15(10-8-14)6-4-2-3-5-13-17-16-11-12-16/h7-10,16-17H,2-6,11-13H2,1H3.